The van der Waals surface area contributed by atoms with Crippen molar-refractivity contribution in [2.75, 3.05) is 0 Å². The molecule has 35 heavy (non-hydrogen) atoms. The van der Waals surface area contributed by atoms with E-state index in [9.17, 15) is 15.0 Å². The maximum Gasteiger partial charge on any atom is 0.466 e. The van der Waals surface area contributed by atoms with E-state index < -0.39 is 48.0 Å². The molecule has 1 fully saturated rings. The summed E-state index contributed by atoms with van der Waals surface area (Å²) in [5.41, 5.74) is -0.310. The van der Waals surface area contributed by atoms with Gasteiger partial charge in [-0.25, -0.2) is 13.7 Å². The molecule has 0 saturated carbocycles. The summed E-state index contributed by atoms with van der Waals surface area (Å²) >= 11 is 5.91. The Morgan fingerprint density at radius 1 is 0.829 bits per heavy atom. The van der Waals surface area contributed by atoms with Crippen molar-refractivity contribution in [3.8, 4) is 0 Å². The summed E-state index contributed by atoms with van der Waals surface area (Å²) in [6.07, 6.45) is -2.02. The van der Waals surface area contributed by atoms with E-state index in [1.807, 2.05) is 0 Å². The zero-order valence-corrected chi connectivity index (χ0v) is 20.8. The van der Waals surface area contributed by atoms with Crippen molar-refractivity contribution < 1.29 is 72.7 Å². The first-order valence-corrected chi connectivity index (χ1v) is 13.7. The number of pyridine rings is 1. The SMILES string of the molecule is CC1OC(n2ccc3ccc(Cl)cc3c2=O)C(O)C1O.O=P(O)(O)O.O=P(O)(O)O.O=P(O)(O)O. The maximum absolute atomic E-state index is 12.5. The van der Waals surface area contributed by atoms with Crippen LogP contribution in [0.5, 0.6) is 0 Å². The quantitative estimate of drug-likeness (QED) is 0.169. The Bertz CT molecular complexity index is 1100. The van der Waals surface area contributed by atoms with Crippen LogP contribution in [0.2, 0.25) is 5.02 Å². The van der Waals surface area contributed by atoms with Crippen LogP contribution in [0.4, 0.5) is 0 Å². The van der Waals surface area contributed by atoms with Gasteiger partial charge in [0.05, 0.1) is 6.10 Å². The Hall–Kier alpha value is -1.07. The van der Waals surface area contributed by atoms with E-state index in [4.69, 9.17) is 74.1 Å². The van der Waals surface area contributed by atoms with Gasteiger partial charge in [-0.1, -0.05) is 17.7 Å². The van der Waals surface area contributed by atoms with E-state index in [1.165, 1.54) is 4.57 Å². The van der Waals surface area contributed by atoms with Crippen LogP contribution in [0, 0.1) is 0 Å². The van der Waals surface area contributed by atoms with Crippen LogP contribution in [0.15, 0.2) is 35.3 Å². The summed E-state index contributed by atoms with van der Waals surface area (Å²) in [5, 5.41) is 21.4. The molecule has 11 N–H and O–H groups in total. The lowest BCUT2D eigenvalue weighted by Gasteiger charge is -2.18. The second kappa shape index (κ2) is 13.5. The van der Waals surface area contributed by atoms with Gasteiger partial charge < -0.3 is 59.0 Å². The van der Waals surface area contributed by atoms with Crippen LogP contribution in [0.3, 0.4) is 0 Å². The first kappa shape index (κ1) is 33.9. The van der Waals surface area contributed by atoms with Crippen LogP contribution in [-0.2, 0) is 18.4 Å². The Balaban J connectivity index is 0.000000635. The summed E-state index contributed by atoms with van der Waals surface area (Å²) in [6.45, 7) is 1.65. The monoisotopic (exact) mass is 589 g/mol. The summed E-state index contributed by atoms with van der Waals surface area (Å²) in [4.78, 5) is 77.1. The van der Waals surface area contributed by atoms with Gasteiger partial charge in [-0.05, 0) is 30.5 Å². The van der Waals surface area contributed by atoms with Gasteiger partial charge in [0, 0.05) is 16.6 Å². The number of rotatable bonds is 1. The fourth-order valence-electron chi connectivity index (χ4n) is 2.48. The molecule has 1 aromatic carbocycles. The number of phosphoric acid groups is 3. The van der Waals surface area contributed by atoms with Gasteiger partial charge in [-0.3, -0.25) is 9.36 Å². The summed E-state index contributed by atoms with van der Waals surface area (Å²) in [6, 6.07) is 6.79. The van der Waals surface area contributed by atoms with Crippen LogP contribution in [-0.4, -0.2) is 77.1 Å². The standard InChI is InChI=1S/C14H14ClNO4.3H3O4P/c1-7-11(17)12(18)14(20-7)16-5-4-8-2-3-9(15)6-10(8)13(16)19;3*1-5(2,3)4/h2-7,11-12,14,17-18H,1H3;3*(H3,1,2,3,4). The number of nitrogens with zero attached hydrogens (tertiary/aromatic N) is 1. The number of hydrogen-bond donors (Lipinski definition) is 11. The number of hydrogen-bond acceptors (Lipinski definition) is 7. The molecule has 4 atom stereocenters. The molecule has 0 amide bonds. The van der Waals surface area contributed by atoms with E-state index in [2.05, 4.69) is 0 Å². The highest BCUT2D eigenvalue weighted by Crippen LogP contribution is 2.29. The van der Waals surface area contributed by atoms with E-state index >= 15 is 0 Å². The molecule has 0 spiro atoms. The molecule has 0 bridgehead atoms. The minimum atomic E-state index is -4.64. The van der Waals surface area contributed by atoms with E-state index in [1.54, 1.807) is 37.4 Å². The van der Waals surface area contributed by atoms with Crippen molar-refractivity contribution in [2.24, 2.45) is 0 Å². The van der Waals surface area contributed by atoms with Gasteiger partial charge in [0.2, 0.25) is 0 Å². The first-order valence-electron chi connectivity index (χ1n) is 8.66. The smallest absolute Gasteiger partial charge is 0.388 e. The third kappa shape index (κ3) is 15.6. The number of aliphatic hydroxyl groups excluding tert-OH is 2. The topological polar surface area (TPSA) is 305 Å². The Labute approximate surface area is 200 Å². The average Bonchev–Trinajstić information content (AvgIpc) is 2.86. The van der Waals surface area contributed by atoms with Gasteiger partial charge >= 0.3 is 23.5 Å². The molecular weight excluding hydrogens is 567 g/mol. The number of halogens is 1. The molecule has 0 aliphatic carbocycles. The number of aromatic nitrogens is 1. The Morgan fingerprint density at radius 3 is 1.63 bits per heavy atom. The van der Waals surface area contributed by atoms with Crippen LogP contribution in [0.25, 0.3) is 10.8 Å². The molecule has 0 radical (unpaired) electrons. The lowest BCUT2D eigenvalue weighted by Crippen LogP contribution is -2.34. The van der Waals surface area contributed by atoms with Crippen LogP contribution >= 0.6 is 35.1 Å². The van der Waals surface area contributed by atoms with Crippen molar-refractivity contribution >= 4 is 45.8 Å². The molecular formula is C14H23ClNO16P3. The minimum absolute atomic E-state index is 0.310. The molecule has 21 heteroatoms. The third-order valence-electron chi connectivity index (χ3n) is 3.65. The molecule has 17 nitrogen and oxygen atoms in total. The number of aliphatic hydroxyl groups is 2. The minimum Gasteiger partial charge on any atom is -0.388 e. The zero-order valence-electron chi connectivity index (χ0n) is 17.3. The molecule has 1 aliphatic rings. The molecule has 4 unspecified atom stereocenters. The molecule has 3 rings (SSSR count). The zero-order chi connectivity index (χ0) is 27.9. The predicted molar refractivity (Wildman–Crippen MR) is 118 cm³/mol. The lowest BCUT2D eigenvalue weighted by atomic mass is 10.1. The predicted octanol–water partition coefficient (Wildman–Crippen LogP) is -1.49. The lowest BCUT2D eigenvalue weighted by molar-refractivity contribution is -0.0339. The highest BCUT2D eigenvalue weighted by molar-refractivity contribution is 7.45. The van der Waals surface area contributed by atoms with Crippen molar-refractivity contribution in [1.29, 1.82) is 0 Å². The fourth-order valence-corrected chi connectivity index (χ4v) is 2.66. The van der Waals surface area contributed by atoms with Crippen LogP contribution < -0.4 is 5.56 Å². The summed E-state index contributed by atoms with van der Waals surface area (Å²) in [7, 11) is -13.9. The highest BCUT2D eigenvalue weighted by Gasteiger charge is 2.41. The molecule has 202 valence electrons. The van der Waals surface area contributed by atoms with Gasteiger partial charge in [0.1, 0.15) is 12.2 Å². The van der Waals surface area contributed by atoms with Crippen molar-refractivity contribution in [3.05, 3.63) is 45.8 Å². The highest BCUT2D eigenvalue weighted by atomic mass is 35.5. The summed E-state index contributed by atoms with van der Waals surface area (Å²) in [5.74, 6) is 0. The molecule has 1 aromatic heterocycles. The second-order valence-corrected chi connectivity index (χ2v) is 10.0. The maximum atomic E-state index is 12.5. The first-order chi connectivity index (χ1) is 15.5. The largest absolute Gasteiger partial charge is 0.466 e. The number of fused-ring (bicyclic) bond motifs is 1. The van der Waals surface area contributed by atoms with Crippen LogP contribution in [0.1, 0.15) is 13.2 Å². The molecule has 1 saturated heterocycles. The van der Waals surface area contributed by atoms with Gasteiger partial charge in [-0.15, -0.1) is 0 Å². The Kier molecular flexibility index (Phi) is 13.1. The van der Waals surface area contributed by atoms with E-state index in [-0.39, 0.29) is 5.56 Å². The average molecular weight is 590 g/mol. The van der Waals surface area contributed by atoms with Crippen molar-refractivity contribution in [2.45, 2.75) is 31.5 Å². The number of ether oxygens (including phenoxy) is 1. The van der Waals surface area contributed by atoms with Gasteiger partial charge in [-0.2, -0.15) is 0 Å². The molecule has 2 heterocycles. The second-order valence-electron chi connectivity index (χ2n) is 6.51. The summed E-state index contributed by atoms with van der Waals surface area (Å²) < 4.78 is 33.4. The Morgan fingerprint density at radius 2 is 1.26 bits per heavy atom. The van der Waals surface area contributed by atoms with Gasteiger partial charge in [0.15, 0.2) is 6.23 Å². The van der Waals surface area contributed by atoms with Crippen molar-refractivity contribution in [3.63, 3.8) is 0 Å². The van der Waals surface area contributed by atoms with Gasteiger partial charge in [0.25, 0.3) is 5.56 Å². The van der Waals surface area contributed by atoms with E-state index in [0.717, 1.165) is 5.39 Å². The molecule has 1 aliphatic heterocycles. The normalized spacial score (nSPS) is 22.2. The molecule has 2 aromatic rings. The third-order valence-corrected chi connectivity index (χ3v) is 3.88. The van der Waals surface area contributed by atoms with E-state index in [0.29, 0.717) is 10.4 Å². The number of benzene rings is 1. The van der Waals surface area contributed by atoms with Crippen molar-refractivity contribution in [1.82, 2.24) is 4.57 Å². The fraction of sp³-hybridized carbons (Fsp3) is 0.357.